The van der Waals surface area contributed by atoms with Crippen LogP contribution >= 0.6 is 24.0 Å². The minimum absolute atomic E-state index is 0.261. The molecule has 0 saturated carbocycles. The number of rotatable bonds is 4. The fourth-order valence-electron chi connectivity index (χ4n) is 1.57. The van der Waals surface area contributed by atoms with Crippen molar-refractivity contribution in [2.75, 3.05) is 11.6 Å². The average Bonchev–Trinajstić information content (AvgIpc) is 2.47. The van der Waals surface area contributed by atoms with Gasteiger partial charge in [0.25, 0.3) is 5.91 Å². The van der Waals surface area contributed by atoms with Gasteiger partial charge in [0, 0.05) is 22.3 Å². The number of hydrogen-bond donors (Lipinski definition) is 2. The summed E-state index contributed by atoms with van der Waals surface area (Å²) in [5, 5.41) is 2.80. The number of hydrogen-bond acceptors (Lipinski definition) is 4. The number of nitrogens with zero attached hydrogens (tertiary/aromatic N) is 1. The van der Waals surface area contributed by atoms with E-state index in [0.29, 0.717) is 11.3 Å². The number of benzene rings is 1. The molecule has 1 amide bonds. The Morgan fingerprint density at radius 3 is 2.75 bits per heavy atom. The third kappa shape index (κ3) is 3.55. The first-order chi connectivity index (χ1) is 9.60. The van der Waals surface area contributed by atoms with Gasteiger partial charge in [-0.25, -0.2) is 0 Å². The lowest BCUT2D eigenvalue weighted by Gasteiger charge is -2.06. The molecular formula is C14H13N3OS2. The summed E-state index contributed by atoms with van der Waals surface area (Å²) in [6.45, 7) is 0. The highest BCUT2D eigenvalue weighted by Gasteiger charge is 2.08. The van der Waals surface area contributed by atoms with Gasteiger partial charge in [0.1, 0.15) is 10.7 Å². The van der Waals surface area contributed by atoms with Crippen LogP contribution in [0.3, 0.4) is 0 Å². The smallest absolute Gasteiger partial charge is 0.274 e. The molecule has 4 nitrogen and oxygen atoms in total. The lowest BCUT2D eigenvalue weighted by molar-refractivity contribution is 0.102. The van der Waals surface area contributed by atoms with E-state index in [0.717, 1.165) is 10.6 Å². The van der Waals surface area contributed by atoms with Crippen LogP contribution in [0.25, 0.3) is 0 Å². The van der Waals surface area contributed by atoms with Crippen LogP contribution < -0.4 is 11.1 Å². The molecule has 102 valence electrons. The molecule has 0 bridgehead atoms. The maximum atomic E-state index is 12.1. The molecule has 0 aliphatic heterocycles. The summed E-state index contributed by atoms with van der Waals surface area (Å²) in [5.41, 5.74) is 7.18. The Hall–Kier alpha value is -1.92. The first-order valence-electron chi connectivity index (χ1n) is 5.81. The molecule has 0 fully saturated rings. The maximum absolute atomic E-state index is 12.1. The molecule has 20 heavy (non-hydrogen) atoms. The van der Waals surface area contributed by atoms with Crippen LogP contribution in [0.2, 0.25) is 0 Å². The number of nitrogens with one attached hydrogen (secondary N) is 1. The maximum Gasteiger partial charge on any atom is 0.274 e. The molecule has 2 aromatic rings. The number of thioether (sulfide) groups is 1. The molecule has 6 heteroatoms. The summed E-state index contributed by atoms with van der Waals surface area (Å²) in [5.74, 6) is -0.266. The van der Waals surface area contributed by atoms with Crippen LogP contribution in [0, 0.1) is 0 Å². The molecule has 0 saturated heterocycles. The lowest BCUT2D eigenvalue weighted by atomic mass is 10.2. The van der Waals surface area contributed by atoms with Crippen molar-refractivity contribution in [2.45, 2.75) is 4.90 Å². The minimum Gasteiger partial charge on any atom is -0.389 e. The van der Waals surface area contributed by atoms with E-state index in [1.54, 1.807) is 23.9 Å². The number of aromatic nitrogens is 1. The molecule has 2 rings (SSSR count). The Labute approximate surface area is 126 Å². The van der Waals surface area contributed by atoms with Gasteiger partial charge in [-0.1, -0.05) is 18.3 Å². The molecule has 0 radical (unpaired) electrons. The van der Waals surface area contributed by atoms with Crippen LogP contribution in [-0.4, -0.2) is 22.1 Å². The van der Waals surface area contributed by atoms with E-state index in [2.05, 4.69) is 10.3 Å². The van der Waals surface area contributed by atoms with Crippen molar-refractivity contribution in [2.24, 2.45) is 5.73 Å². The van der Waals surface area contributed by atoms with E-state index in [1.807, 2.05) is 30.5 Å². The van der Waals surface area contributed by atoms with Crippen molar-refractivity contribution in [1.82, 2.24) is 4.98 Å². The molecule has 1 aromatic heterocycles. The van der Waals surface area contributed by atoms with Crippen molar-refractivity contribution < 1.29 is 4.79 Å². The van der Waals surface area contributed by atoms with Gasteiger partial charge < -0.3 is 11.1 Å². The van der Waals surface area contributed by atoms with Crippen LogP contribution in [0.5, 0.6) is 0 Å². The summed E-state index contributed by atoms with van der Waals surface area (Å²) >= 11 is 6.45. The largest absolute Gasteiger partial charge is 0.389 e. The zero-order valence-electron chi connectivity index (χ0n) is 10.8. The molecule has 0 aliphatic carbocycles. The zero-order valence-corrected chi connectivity index (χ0v) is 12.4. The van der Waals surface area contributed by atoms with E-state index in [9.17, 15) is 4.79 Å². The predicted molar refractivity (Wildman–Crippen MR) is 86.3 cm³/mol. The molecule has 0 aliphatic rings. The quantitative estimate of drug-likeness (QED) is 0.671. The molecule has 3 N–H and O–H groups in total. The van der Waals surface area contributed by atoms with Gasteiger partial charge in [-0.05, 0) is 36.6 Å². The Bertz CT molecular complexity index is 641. The minimum atomic E-state index is -0.266. The van der Waals surface area contributed by atoms with Crippen molar-refractivity contribution in [3.63, 3.8) is 0 Å². The van der Waals surface area contributed by atoms with Gasteiger partial charge in [0.05, 0.1) is 0 Å². The zero-order chi connectivity index (χ0) is 14.5. The van der Waals surface area contributed by atoms with Gasteiger partial charge in [0.15, 0.2) is 0 Å². The molecule has 1 heterocycles. The molecule has 0 spiro atoms. The van der Waals surface area contributed by atoms with E-state index < -0.39 is 0 Å². The molecule has 0 atom stereocenters. The number of carbonyl (C=O) groups excluding carboxylic acids is 1. The summed E-state index contributed by atoms with van der Waals surface area (Å²) in [6.07, 6.45) is 3.48. The van der Waals surface area contributed by atoms with Crippen LogP contribution in [-0.2, 0) is 0 Å². The van der Waals surface area contributed by atoms with E-state index >= 15 is 0 Å². The van der Waals surface area contributed by atoms with Gasteiger partial charge in [0.2, 0.25) is 0 Å². The lowest BCUT2D eigenvalue weighted by Crippen LogP contribution is -2.15. The Morgan fingerprint density at radius 1 is 1.35 bits per heavy atom. The van der Waals surface area contributed by atoms with E-state index in [4.69, 9.17) is 18.0 Å². The topological polar surface area (TPSA) is 68.0 Å². The third-order valence-corrected chi connectivity index (χ3v) is 3.57. The SMILES string of the molecule is CSc1cccc(NC(=O)c2ccc(C(N)=S)cn2)c1. The Kier molecular flexibility index (Phi) is 4.70. The number of pyridine rings is 1. The second-order valence-corrected chi connectivity index (χ2v) is 5.30. The van der Waals surface area contributed by atoms with Gasteiger partial charge in [-0.15, -0.1) is 11.8 Å². The fraction of sp³-hybridized carbons (Fsp3) is 0.0714. The van der Waals surface area contributed by atoms with Crippen molar-refractivity contribution >= 4 is 40.6 Å². The van der Waals surface area contributed by atoms with Crippen molar-refractivity contribution in [1.29, 1.82) is 0 Å². The van der Waals surface area contributed by atoms with Gasteiger partial charge in [-0.2, -0.15) is 0 Å². The van der Waals surface area contributed by atoms with Crippen LogP contribution in [0.4, 0.5) is 5.69 Å². The Morgan fingerprint density at radius 2 is 2.15 bits per heavy atom. The third-order valence-electron chi connectivity index (χ3n) is 2.61. The first kappa shape index (κ1) is 14.5. The number of nitrogens with two attached hydrogens (primary N) is 1. The number of amides is 1. The van der Waals surface area contributed by atoms with Crippen LogP contribution in [0.1, 0.15) is 16.1 Å². The van der Waals surface area contributed by atoms with Crippen LogP contribution in [0.15, 0.2) is 47.5 Å². The highest BCUT2D eigenvalue weighted by molar-refractivity contribution is 7.98. The number of thiocarbonyl (C=S) groups is 1. The van der Waals surface area contributed by atoms with Gasteiger partial charge >= 0.3 is 0 Å². The monoisotopic (exact) mass is 303 g/mol. The van der Waals surface area contributed by atoms with E-state index in [1.165, 1.54) is 6.20 Å². The summed E-state index contributed by atoms with van der Waals surface area (Å²) in [7, 11) is 0. The first-order valence-corrected chi connectivity index (χ1v) is 7.44. The van der Waals surface area contributed by atoms with E-state index in [-0.39, 0.29) is 10.9 Å². The summed E-state index contributed by atoms with van der Waals surface area (Å²) < 4.78 is 0. The fourth-order valence-corrected chi connectivity index (χ4v) is 2.15. The summed E-state index contributed by atoms with van der Waals surface area (Å²) in [4.78, 5) is 17.4. The second-order valence-electron chi connectivity index (χ2n) is 3.98. The predicted octanol–water partition coefficient (Wildman–Crippen LogP) is 2.69. The normalized spacial score (nSPS) is 10.1. The highest BCUT2D eigenvalue weighted by Crippen LogP contribution is 2.19. The van der Waals surface area contributed by atoms with Crippen molar-refractivity contribution in [3.8, 4) is 0 Å². The molecule has 0 unspecified atom stereocenters. The number of anilines is 1. The van der Waals surface area contributed by atoms with Crippen molar-refractivity contribution in [3.05, 3.63) is 53.9 Å². The molecule has 1 aromatic carbocycles. The second kappa shape index (κ2) is 6.49. The highest BCUT2D eigenvalue weighted by atomic mass is 32.2. The summed E-state index contributed by atoms with van der Waals surface area (Å²) in [6, 6.07) is 10.9. The van der Waals surface area contributed by atoms with Gasteiger partial charge in [-0.3, -0.25) is 9.78 Å². The molecular weight excluding hydrogens is 290 g/mol. The average molecular weight is 303 g/mol. The standard InChI is InChI=1S/C14H13N3OS2/c1-20-11-4-2-3-10(7-11)17-14(18)12-6-5-9(8-16-12)13(15)19/h2-8H,1H3,(H2,15,19)(H,17,18). The number of carbonyl (C=O) groups is 1. The Balaban J connectivity index is 2.13.